The van der Waals surface area contributed by atoms with Gasteiger partial charge in [0.25, 0.3) is 0 Å². The van der Waals surface area contributed by atoms with Gasteiger partial charge in [-0.15, -0.1) is 0 Å². The number of ether oxygens (including phenoxy) is 1. The number of rotatable bonds is 7. The van der Waals surface area contributed by atoms with Crippen molar-refractivity contribution in [1.82, 2.24) is 10.2 Å². The van der Waals surface area contributed by atoms with E-state index < -0.39 is 18.7 Å². The summed E-state index contributed by atoms with van der Waals surface area (Å²) in [5.74, 6) is 0.0212. The Bertz CT molecular complexity index is 508. The molecule has 134 valence electrons. The largest absolute Gasteiger partial charge is 0.435 e. The zero-order valence-corrected chi connectivity index (χ0v) is 13.4. The minimum atomic E-state index is -2.88. The third-order valence-electron chi connectivity index (χ3n) is 3.75. The van der Waals surface area contributed by atoms with Crippen LogP contribution < -0.4 is 15.4 Å². The van der Waals surface area contributed by atoms with Crippen LogP contribution in [0, 0.1) is 0 Å². The van der Waals surface area contributed by atoms with Crippen molar-refractivity contribution in [3.63, 3.8) is 0 Å². The SMILES string of the molecule is O=C(NC[C@@H](O)CN1CCCCC1)Nc1ccc(OC(F)F)cc1. The van der Waals surface area contributed by atoms with Gasteiger partial charge in [0.1, 0.15) is 5.75 Å². The molecule has 2 amide bonds. The lowest BCUT2D eigenvalue weighted by molar-refractivity contribution is -0.0498. The molecule has 0 spiro atoms. The highest BCUT2D eigenvalue weighted by Crippen LogP contribution is 2.17. The fourth-order valence-corrected chi connectivity index (χ4v) is 2.61. The number of benzene rings is 1. The quantitative estimate of drug-likeness (QED) is 0.710. The molecule has 1 fully saturated rings. The number of piperidine rings is 1. The van der Waals surface area contributed by atoms with E-state index in [1.165, 1.54) is 30.7 Å². The molecule has 2 rings (SSSR count). The summed E-state index contributed by atoms with van der Waals surface area (Å²) in [7, 11) is 0. The molecule has 6 nitrogen and oxygen atoms in total. The van der Waals surface area contributed by atoms with Crippen molar-refractivity contribution >= 4 is 11.7 Å². The zero-order chi connectivity index (χ0) is 17.4. The average Bonchev–Trinajstić information content (AvgIpc) is 2.55. The lowest BCUT2D eigenvalue weighted by Gasteiger charge is -2.28. The summed E-state index contributed by atoms with van der Waals surface area (Å²) in [5, 5.41) is 15.1. The molecular formula is C16H23F2N3O3. The van der Waals surface area contributed by atoms with Gasteiger partial charge in [-0.1, -0.05) is 6.42 Å². The van der Waals surface area contributed by atoms with Crippen molar-refractivity contribution in [2.24, 2.45) is 0 Å². The number of aliphatic hydroxyl groups is 1. The van der Waals surface area contributed by atoms with E-state index in [1.54, 1.807) is 0 Å². The Kier molecular flexibility index (Phi) is 7.20. The second-order valence-corrected chi connectivity index (χ2v) is 5.75. The molecule has 1 heterocycles. The first-order valence-electron chi connectivity index (χ1n) is 8.03. The van der Waals surface area contributed by atoms with E-state index in [2.05, 4.69) is 20.3 Å². The van der Waals surface area contributed by atoms with E-state index in [1.807, 2.05) is 0 Å². The lowest BCUT2D eigenvalue weighted by atomic mass is 10.1. The molecular weight excluding hydrogens is 320 g/mol. The standard InChI is InChI=1S/C16H23F2N3O3/c17-15(18)24-14-6-4-12(5-7-14)20-16(23)19-10-13(22)11-21-8-2-1-3-9-21/h4-7,13,15,22H,1-3,8-11H2,(H2,19,20,23)/t13-/m1/s1. The highest BCUT2D eigenvalue weighted by Gasteiger charge is 2.15. The van der Waals surface area contributed by atoms with Crippen molar-refractivity contribution in [3.8, 4) is 5.75 Å². The predicted octanol–water partition coefficient (Wildman–Crippen LogP) is 2.26. The van der Waals surface area contributed by atoms with Gasteiger partial charge >= 0.3 is 12.6 Å². The summed E-state index contributed by atoms with van der Waals surface area (Å²) < 4.78 is 28.3. The summed E-state index contributed by atoms with van der Waals surface area (Å²) >= 11 is 0. The number of carbonyl (C=O) groups excluding carboxylic acids is 1. The smallest absolute Gasteiger partial charge is 0.387 e. The van der Waals surface area contributed by atoms with Crippen molar-refractivity contribution in [1.29, 1.82) is 0 Å². The predicted molar refractivity (Wildman–Crippen MR) is 86.4 cm³/mol. The average molecular weight is 343 g/mol. The van der Waals surface area contributed by atoms with Crippen LogP contribution >= 0.6 is 0 Å². The first-order chi connectivity index (χ1) is 11.5. The number of alkyl halides is 2. The number of urea groups is 1. The Hall–Kier alpha value is -1.93. The molecule has 1 atom stereocenters. The number of hydrogen-bond donors (Lipinski definition) is 3. The third-order valence-corrected chi connectivity index (χ3v) is 3.75. The summed E-state index contributed by atoms with van der Waals surface area (Å²) in [6, 6.07) is 5.14. The topological polar surface area (TPSA) is 73.8 Å². The molecule has 1 aliphatic heterocycles. The molecule has 24 heavy (non-hydrogen) atoms. The van der Waals surface area contributed by atoms with E-state index in [4.69, 9.17) is 0 Å². The number of anilines is 1. The van der Waals surface area contributed by atoms with Crippen LogP contribution in [0.2, 0.25) is 0 Å². The molecule has 1 aliphatic rings. The minimum absolute atomic E-state index is 0.0212. The van der Waals surface area contributed by atoms with E-state index in [9.17, 15) is 18.7 Å². The molecule has 8 heteroatoms. The molecule has 0 aliphatic carbocycles. The van der Waals surface area contributed by atoms with Crippen molar-refractivity contribution in [2.75, 3.05) is 31.5 Å². The fourth-order valence-electron chi connectivity index (χ4n) is 2.61. The van der Waals surface area contributed by atoms with Gasteiger partial charge in [-0.25, -0.2) is 4.79 Å². The van der Waals surface area contributed by atoms with Crippen LogP contribution in [0.5, 0.6) is 5.75 Å². The van der Waals surface area contributed by atoms with Gasteiger partial charge in [-0.05, 0) is 50.2 Å². The van der Waals surface area contributed by atoms with Crippen LogP contribution in [0.25, 0.3) is 0 Å². The first kappa shape index (κ1) is 18.4. The van der Waals surface area contributed by atoms with Crippen molar-refractivity contribution < 1.29 is 23.4 Å². The summed E-state index contributed by atoms with van der Waals surface area (Å²) in [6.07, 6.45) is 2.89. The molecule has 0 unspecified atom stereocenters. The third kappa shape index (κ3) is 6.67. The van der Waals surface area contributed by atoms with Gasteiger partial charge in [0.05, 0.1) is 6.10 Å². The van der Waals surface area contributed by atoms with Crippen molar-refractivity contribution in [3.05, 3.63) is 24.3 Å². The molecule has 1 aromatic carbocycles. The van der Waals surface area contributed by atoms with E-state index >= 15 is 0 Å². The van der Waals surface area contributed by atoms with Crippen LogP contribution in [0.3, 0.4) is 0 Å². The first-order valence-corrected chi connectivity index (χ1v) is 8.03. The summed E-state index contributed by atoms with van der Waals surface area (Å²) in [6.45, 7) is -0.227. The van der Waals surface area contributed by atoms with Gasteiger partial charge in [0, 0.05) is 18.8 Å². The van der Waals surface area contributed by atoms with E-state index in [0.29, 0.717) is 12.2 Å². The maximum absolute atomic E-state index is 12.0. The number of likely N-dealkylation sites (tertiary alicyclic amines) is 1. The monoisotopic (exact) mass is 343 g/mol. The molecule has 0 radical (unpaired) electrons. The molecule has 0 aromatic heterocycles. The van der Waals surface area contributed by atoms with E-state index in [0.717, 1.165) is 25.9 Å². The van der Waals surface area contributed by atoms with Gasteiger partial charge in [-0.2, -0.15) is 8.78 Å². The van der Waals surface area contributed by atoms with Crippen LogP contribution in [0.1, 0.15) is 19.3 Å². The van der Waals surface area contributed by atoms with Gasteiger partial charge in [0.2, 0.25) is 0 Å². The number of nitrogens with one attached hydrogen (secondary N) is 2. The molecule has 1 aromatic rings. The molecule has 0 bridgehead atoms. The lowest BCUT2D eigenvalue weighted by Crippen LogP contribution is -2.42. The summed E-state index contributed by atoms with van der Waals surface area (Å²) in [4.78, 5) is 14.0. The van der Waals surface area contributed by atoms with Gasteiger partial charge in [-0.3, -0.25) is 0 Å². The Morgan fingerprint density at radius 3 is 2.50 bits per heavy atom. The van der Waals surface area contributed by atoms with Crippen LogP contribution in [-0.2, 0) is 0 Å². The highest BCUT2D eigenvalue weighted by atomic mass is 19.3. The maximum Gasteiger partial charge on any atom is 0.387 e. The number of aliphatic hydroxyl groups excluding tert-OH is 1. The number of hydrogen-bond acceptors (Lipinski definition) is 4. The fraction of sp³-hybridized carbons (Fsp3) is 0.562. The number of amides is 2. The number of carbonyl (C=O) groups is 1. The summed E-state index contributed by atoms with van der Waals surface area (Å²) in [5.41, 5.74) is 0.444. The van der Waals surface area contributed by atoms with Crippen LogP contribution in [0.4, 0.5) is 19.3 Å². The molecule has 0 saturated carbocycles. The van der Waals surface area contributed by atoms with Crippen molar-refractivity contribution in [2.45, 2.75) is 32.0 Å². The maximum atomic E-state index is 12.0. The van der Waals surface area contributed by atoms with Crippen LogP contribution in [0.15, 0.2) is 24.3 Å². The Morgan fingerprint density at radius 1 is 1.21 bits per heavy atom. The van der Waals surface area contributed by atoms with Crippen LogP contribution in [-0.4, -0.2) is 54.9 Å². The zero-order valence-electron chi connectivity index (χ0n) is 13.4. The van der Waals surface area contributed by atoms with Gasteiger partial charge < -0.3 is 25.4 Å². The second-order valence-electron chi connectivity index (χ2n) is 5.75. The normalized spacial score (nSPS) is 16.7. The van der Waals surface area contributed by atoms with Gasteiger partial charge in [0.15, 0.2) is 0 Å². The van der Waals surface area contributed by atoms with E-state index in [-0.39, 0.29) is 12.3 Å². The minimum Gasteiger partial charge on any atom is -0.435 e. The number of β-amino-alcohol motifs (C(OH)–C–C–N with tert-alkyl or cyclic N) is 1. The second kappa shape index (κ2) is 9.39. The number of halogens is 2. The number of nitrogens with zero attached hydrogens (tertiary/aromatic N) is 1. The Balaban J connectivity index is 1.68. The Morgan fingerprint density at radius 2 is 1.88 bits per heavy atom. The molecule has 3 N–H and O–H groups in total. The Labute approximate surface area is 139 Å². The molecule has 1 saturated heterocycles. The highest BCUT2D eigenvalue weighted by molar-refractivity contribution is 5.89.